The first-order chi connectivity index (χ1) is 14.5. The zero-order chi connectivity index (χ0) is 21.9. The molecule has 0 aliphatic carbocycles. The highest BCUT2D eigenvalue weighted by Gasteiger charge is 2.12. The molecule has 0 aromatic heterocycles. The molecular weight excluding hydrogens is 380 g/mol. The lowest BCUT2D eigenvalue weighted by atomic mass is 10.1. The van der Waals surface area contributed by atoms with Gasteiger partial charge in [0.1, 0.15) is 0 Å². The average Bonchev–Trinajstić information content (AvgIpc) is 2.76. The third kappa shape index (κ3) is 6.65. The topological polar surface area (TPSA) is 67.9 Å². The Balaban J connectivity index is 1.96. The van der Waals surface area contributed by atoms with Gasteiger partial charge in [-0.25, -0.2) is 0 Å². The summed E-state index contributed by atoms with van der Waals surface area (Å²) in [6.45, 7) is 4.64. The van der Waals surface area contributed by atoms with Crippen LogP contribution in [0.1, 0.15) is 31.4 Å². The number of methoxy groups -OCH3 is 1. The molecule has 160 valence electrons. The van der Waals surface area contributed by atoms with Crippen molar-refractivity contribution in [2.75, 3.05) is 32.6 Å². The summed E-state index contributed by atoms with van der Waals surface area (Å²) in [6, 6.07) is 13.1. The molecule has 0 aliphatic rings. The number of para-hydroxylation sites is 1. The summed E-state index contributed by atoms with van der Waals surface area (Å²) in [5, 5.41) is 2.87. The third-order valence-corrected chi connectivity index (χ3v) is 4.50. The van der Waals surface area contributed by atoms with Crippen molar-refractivity contribution in [3.05, 3.63) is 59.7 Å². The Kier molecular flexibility index (Phi) is 8.94. The largest absolute Gasteiger partial charge is 0.493 e. The summed E-state index contributed by atoms with van der Waals surface area (Å²) in [5.74, 6) is 0.780. The maximum atomic E-state index is 12.4. The van der Waals surface area contributed by atoms with E-state index in [2.05, 4.69) is 5.32 Å². The van der Waals surface area contributed by atoms with E-state index in [4.69, 9.17) is 9.47 Å². The Morgan fingerprint density at radius 1 is 1.10 bits per heavy atom. The minimum absolute atomic E-state index is 0.0334. The van der Waals surface area contributed by atoms with Gasteiger partial charge in [0.2, 0.25) is 11.8 Å². The van der Waals surface area contributed by atoms with Crippen LogP contribution in [0.2, 0.25) is 0 Å². The van der Waals surface area contributed by atoms with Gasteiger partial charge in [-0.1, -0.05) is 38.1 Å². The minimum Gasteiger partial charge on any atom is -0.493 e. The van der Waals surface area contributed by atoms with E-state index in [1.807, 2.05) is 56.3 Å². The van der Waals surface area contributed by atoms with E-state index in [1.54, 1.807) is 20.2 Å². The number of nitrogens with zero attached hydrogens (tertiary/aromatic N) is 1. The smallest absolute Gasteiger partial charge is 0.246 e. The Morgan fingerprint density at radius 3 is 2.57 bits per heavy atom. The highest BCUT2D eigenvalue weighted by Crippen LogP contribution is 2.28. The first-order valence-corrected chi connectivity index (χ1v) is 10.1. The van der Waals surface area contributed by atoms with E-state index in [1.165, 1.54) is 11.0 Å². The number of hydrogen-bond acceptors (Lipinski definition) is 4. The summed E-state index contributed by atoms with van der Waals surface area (Å²) in [7, 11) is 3.18. The molecule has 2 rings (SSSR count). The van der Waals surface area contributed by atoms with Gasteiger partial charge in [0.05, 0.1) is 20.3 Å². The van der Waals surface area contributed by atoms with E-state index in [9.17, 15) is 9.59 Å². The van der Waals surface area contributed by atoms with Crippen molar-refractivity contribution in [1.29, 1.82) is 0 Å². The van der Waals surface area contributed by atoms with Gasteiger partial charge >= 0.3 is 0 Å². The quantitative estimate of drug-likeness (QED) is 0.598. The van der Waals surface area contributed by atoms with Crippen LogP contribution in [0.25, 0.3) is 6.08 Å². The summed E-state index contributed by atoms with van der Waals surface area (Å²) in [4.78, 5) is 26.1. The number of anilines is 1. The standard InChI is InChI=1S/C24H30N2O4/c1-5-15-30-21-13-11-18(16-22(21)29-4)12-14-24(28)26(3)17-23(27)25-20-10-8-7-9-19(20)6-2/h7-14,16H,5-6,15,17H2,1-4H3,(H,25,27)/b14-12+. The number of benzene rings is 2. The fraction of sp³-hybridized carbons (Fsp3) is 0.333. The van der Waals surface area contributed by atoms with Crippen LogP contribution in [0, 0.1) is 0 Å². The molecule has 6 nitrogen and oxygen atoms in total. The second kappa shape index (κ2) is 11.7. The molecule has 2 aromatic rings. The Hall–Kier alpha value is -3.28. The molecule has 0 bridgehead atoms. The Morgan fingerprint density at radius 2 is 1.87 bits per heavy atom. The Labute approximate surface area is 178 Å². The molecule has 0 saturated heterocycles. The van der Waals surface area contributed by atoms with E-state index in [0.29, 0.717) is 18.1 Å². The van der Waals surface area contributed by atoms with Crippen LogP contribution in [-0.4, -0.2) is 44.0 Å². The van der Waals surface area contributed by atoms with Crippen molar-refractivity contribution < 1.29 is 19.1 Å². The first-order valence-electron chi connectivity index (χ1n) is 10.1. The number of amides is 2. The van der Waals surface area contributed by atoms with Crippen LogP contribution in [0.3, 0.4) is 0 Å². The molecule has 0 heterocycles. The maximum Gasteiger partial charge on any atom is 0.246 e. The second-order valence-electron chi connectivity index (χ2n) is 6.85. The number of hydrogen-bond donors (Lipinski definition) is 1. The van der Waals surface area contributed by atoms with Crippen molar-refractivity contribution in [1.82, 2.24) is 4.90 Å². The predicted octanol–water partition coefficient (Wildman–Crippen LogP) is 4.16. The van der Waals surface area contributed by atoms with Gasteiger partial charge in [-0.05, 0) is 48.2 Å². The zero-order valence-electron chi connectivity index (χ0n) is 18.1. The first kappa shape index (κ1) is 23.0. The number of likely N-dealkylation sites (N-methyl/N-ethyl adjacent to an activating group) is 1. The number of ether oxygens (including phenoxy) is 2. The molecule has 0 saturated carbocycles. The molecule has 2 amide bonds. The van der Waals surface area contributed by atoms with Gasteiger partial charge < -0.3 is 19.7 Å². The van der Waals surface area contributed by atoms with Crippen molar-refractivity contribution in [2.45, 2.75) is 26.7 Å². The SMILES string of the molecule is CCCOc1ccc(/C=C/C(=O)N(C)CC(=O)Nc2ccccc2CC)cc1OC. The molecule has 6 heteroatoms. The number of nitrogens with one attached hydrogen (secondary N) is 1. The maximum absolute atomic E-state index is 12.4. The molecule has 30 heavy (non-hydrogen) atoms. The summed E-state index contributed by atoms with van der Waals surface area (Å²) >= 11 is 0. The zero-order valence-corrected chi connectivity index (χ0v) is 18.1. The molecule has 0 unspecified atom stereocenters. The summed E-state index contributed by atoms with van der Waals surface area (Å²) < 4.78 is 11.0. The second-order valence-corrected chi connectivity index (χ2v) is 6.85. The normalized spacial score (nSPS) is 10.7. The Bertz CT molecular complexity index is 893. The van der Waals surface area contributed by atoms with Crippen molar-refractivity contribution in [2.24, 2.45) is 0 Å². The van der Waals surface area contributed by atoms with Crippen molar-refractivity contribution >= 4 is 23.6 Å². The van der Waals surface area contributed by atoms with Crippen LogP contribution >= 0.6 is 0 Å². The lowest BCUT2D eigenvalue weighted by Gasteiger charge is -2.16. The van der Waals surface area contributed by atoms with Gasteiger partial charge in [-0.3, -0.25) is 9.59 Å². The molecule has 0 fully saturated rings. The van der Waals surface area contributed by atoms with Crippen LogP contribution in [0.4, 0.5) is 5.69 Å². The minimum atomic E-state index is -0.265. The van der Waals surface area contributed by atoms with E-state index < -0.39 is 0 Å². The number of carbonyl (C=O) groups excluding carboxylic acids is 2. The molecule has 0 atom stereocenters. The molecular formula is C24H30N2O4. The summed E-state index contributed by atoms with van der Waals surface area (Å²) in [6.07, 6.45) is 4.85. The fourth-order valence-electron chi connectivity index (χ4n) is 2.85. The monoisotopic (exact) mass is 410 g/mol. The number of rotatable bonds is 10. The van der Waals surface area contributed by atoms with Crippen LogP contribution in [0.5, 0.6) is 11.5 Å². The van der Waals surface area contributed by atoms with Crippen molar-refractivity contribution in [3.63, 3.8) is 0 Å². The molecule has 0 spiro atoms. The number of aryl methyl sites for hydroxylation is 1. The fourth-order valence-corrected chi connectivity index (χ4v) is 2.85. The van der Waals surface area contributed by atoms with Gasteiger partial charge in [-0.15, -0.1) is 0 Å². The van der Waals surface area contributed by atoms with Crippen molar-refractivity contribution in [3.8, 4) is 11.5 Å². The lowest BCUT2D eigenvalue weighted by molar-refractivity contribution is -0.129. The average molecular weight is 411 g/mol. The van der Waals surface area contributed by atoms with Crippen LogP contribution in [-0.2, 0) is 16.0 Å². The highest BCUT2D eigenvalue weighted by atomic mass is 16.5. The van der Waals surface area contributed by atoms with Crippen LogP contribution < -0.4 is 14.8 Å². The molecule has 0 radical (unpaired) electrons. The summed E-state index contributed by atoms with van der Waals surface area (Å²) in [5.41, 5.74) is 2.64. The van der Waals surface area contributed by atoms with E-state index >= 15 is 0 Å². The molecule has 0 aliphatic heterocycles. The van der Waals surface area contributed by atoms with Gasteiger partial charge in [-0.2, -0.15) is 0 Å². The van der Waals surface area contributed by atoms with Gasteiger partial charge in [0.15, 0.2) is 11.5 Å². The molecule has 2 aromatic carbocycles. The highest BCUT2D eigenvalue weighted by molar-refractivity contribution is 5.98. The van der Waals surface area contributed by atoms with Crippen LogP contribution in [0.15, 0.2) is 48.5 Å². The molecule has 1 N–H and O–H groups in total. The van der Waals surface area contributed by atoms with Gasteiger partial charge in [0.25, 0.3) is 0 Å². The van der Waals surface area contributed by atoms with Gasteiger partial charge in [0, 0.05) is 18.8 Å². The third-order valence-electron chi connectivity index (χ3n) is 4.50. The lowest BCUT2D eigenvalue weighted by Crippen LogP contribution is -2.34. The predicted molar refractivity (Wildman–Crippen MR) is 120 cm³/mol. The van der Waals surface area contributed by atoms with E-state index in [0.717, 1.165) is 29.7 Å². The number of carbonyl (C=O) groups is 2. The van der Waals surface area contributed by atoms with E-state index in [-0.39, 0.29) is 18.4 Å².